The summed E-state index contributed by atoms with van der Waals surface area (Å²) in [4.78, 5) is 19.8. The van der Waals surface area contributed by atoms with Gasteiger partial charge in [-0.25, -0.2) is 4.39 Å². The van der Waals surface area contributed by atoms with Gasteiger partial charge in [-0.2, -0.15) is 0 Å². The van der Waals surface area contributed by atoms with E-state index in [1.54, 1.807) is 43.7 Å². The minimum atomic E-state index is -0.246. The van der Waals surface area contributed by atoms with Gasteiger partial charge < -0.3 is 16.0 Å². The summed E-state index contributed by atoms with van der Waals surface area (Å²) in [6.07, 6.45) is 3.94. The van der Waals surface area contributed by atoms with Crippen molar-refractivity contribution in [1.29, 1.82) is 0 Å². The molecule has 0 unspecified atom stereocenters. The maximum Gasteiger partial charge on any atom is 0.243 e. The summed E-state index contributed by atoms with van der Waals surface area (Å²) in [6.45, 7) is 0.709. The fourth-order valence-electron chi connectivity index (χ4n) is 2.00. The molecule has 0 saturated heterocycles. The molecule has 0 fully saturated rings. The number of carbonyl (C=O) groups is 1. The van der Waals surface area contributed by atoms with E-state index in [0.717, 1.165) is 12.0 Å². The van der Waals surface area contributed by atoms with Crippen LogP contribution in [0.2, 0.25) is 0 Å². The highest BCUT2D eigenvalue weighted by Gasteiger charge is 2.04. The number of rotatable bonds is 6. The number of hydrogen-bond acceptors (Lipinski definition) is 3. The molecule has 6 nitrogen and oxygen atoms in total. The first-order chi connectivity index (χ1) is 11.7. The van der Waals surface area contributed by atoms with Crippen LogP contribution < -0.4 is 16.0 Å². The van der Waals surface area contributed by atoms with Gasteiger partial charge in [0.2, 0.25) is 5.91 Å². The Morgan fingerprint density at radius 2 is 1.96 bits per heavy atom. The molecule has 0 aliphatic carbocycles. The average Bonchev–Trinajstić information content (AvgIpc) is 2.60. The summed E-state index contributed by atoms with van der Waals surface area (Å²) in [5, 5.41) is 8.76. The number of aliphatic imine (C=N–C) groups is 1. The molecule has 0 atom stereocenters. The second-order valence-electron chi connectivity index (χ2n) is 5.02. The highest BCUT2D eigenvalue weighted by atomic mass is 127. The van der Waals surface area contributed by atoms with Crippen LogP contribution in [0, 0.1) is 5.82 Å². The fourth-order valence-corrected chi connectivity index (χ4v) is 2.00. The largest absolute Gasteiger partial charge is 0.356 e. The Labute approximate surface area is 163 Å². The highest BCUT2D eigenvalue weighted by molar-refractivity contribution is 14.0. The Kier molecular flexibility index (Phi) is 9.45. The summed E-state index contributed by atoms with van der Waals surface area (Å²) in [6, 6.07) is 9.87. The standard InChI is InChI=1S/C17H20FN5O.HI/c1-19-17(21-10-8-13-4-6-14(18)7-5-13)22-12-16(24)23-15-3-2-9-20-11-15;/h2-7,9,11H,8,10,12H2,1H3,(H,23,24)(H2,19,21,22);1H. The molecule has 2 rings (SSSR count). The van der Waals surface area contributed by atoms with Gasteiger partial charge >= 0.3 is 0 Å². The second kappa shape index (κ2) is 11.3. The fraction of sp³-hybridized carbons (Fsp3) is 0.235. The van der Waals surface area contributed by atoms with Crippen molar-refractivity contribution in [3.05, 3.63) is 60.2 Å². The number of aromatic nitrogens is 1. The van der Waals surface area contributed by atoms with Gasteiger partial charge in [-0.1, -0.05) is 12.1 Å². The lowest BCUT2D eigenvalue weighted by Gasteiger charge is -2.12. The van der Waals surface area contributed by atoms with Gasteiger partial charge in [-0.15, -0.1) is 24.0 Å². The molecule has 1 aromatic heterocycles. The molecule has 2 aromatic rings. The van der Waals surface area contributed by atoms with E-state index >= 15 is 0 Å². The lowest BCUT2D eigenvalue weighted by atomic mass is 10.1. The Bertz CT molecular complexity index is 679. The van der Waals surface area contributed by atoms with E-state index in [0.29, 0.717) is 18.2 Å². The van der Waals surface area contributed by atoms with Crippen LogP contribution in [-0.2, 0) is 11.2 Å². The summed E-state index contributed by atoms with van der Waals surface area (Å²) < 4.78 is 12.8. The zero-order valence-electron chi connectivity index (χ0n) is 13.8. The van der Waals surface area contributed by atoms with Crippen molar-refractivity contribution < 1.29 is 9.18 Å². The van der Waals surface area contributed by atoms with Gasteiger partial charge in [-0.3, -0.25) is 14.8 Å². The molecule has 0 spiro atoms. The number of anilines is 1. The monoisotopic (exact) mass is 457 g/mol. The predicted octanol–water partition coefficient (Wildman–Crippen LogP) is 2.18. The Morgan fingerprint density at radius 1 is 1.20 bits per heavy atom. The van der Waals surface area contributed by atoms with Crippen LogP contribution in [0.3, 0.4) is 0 Å². The lowest BCUT2D eigenvalue weighted by molar-refractivity contribution is -0.115. The van der Waals surface area contributed by atoms with Gasteiger partial charge in [0, 0.05) is 19.8 Å². The Balaban J connectivity index is 0.00000312. The SMILES string of the molecule is CN=C(NCCc1ccc(F)cc1)NCC(=O)Nc1cccnc1.I. The molecule has 1 aromatic carbocycles. The topological polar surface area (TPSA) is 78.4 Å². The first kappa shape index (κ1) is 20.8. The lowest BCUT2D eigenvalue weighted by Crippen LogP contribution is -2.42. The van der Waals surface area contributed by atoms with Crippen molar-refractivity contribution in [2.24, 2.45) is 4.99 Å². The van der Waals surface area contributed by atoms with Crippen molar-refractivity contribution in [2.45, 2.75) is 6.42 Å². The van der Waals surface area contributed by atoms with Crippen molar-refractivity contribution >= 4 is 41.5 Å². The number of hydrogen-bond donors (Lipinski definition) is 3. The van der Waals surface area contributed by atoms with Gasteiger partial charge in [0.15, 0.2) is 5.96 Å². The van der Waals surface area contributed by atoms with Gasteiger partial charge in [0.05, 0.1) is 18.4 Å². The number of pyridine rings is 1. The van der Waals surface area contributed by atoms with Crippen molar-refractivity contribution in [3.63, 3.8) is 0 Å². The molecule has 0 radical (unpaired) electrons. The number of guanidine groups is 1. The molecule has 25 heavy (non-hydrogen) atoms. The Hall–Kier alpha value is -2.23. The minimum absolute atomic E-state index is 0. The van der Waals surface area contributed by atoms with Crippen LogP contribution in [0.5, 0.6) is 0 Å². The summed E-state index contributed by atoms with van der Waals surface area (Å²) >= 11 is 0. The third-order valence-electron chi connectivity index (χ3n) is 3.20. The number of nitrogens with zero attached hydrogens (tertiary/aromatic N) is 2. The molecule has 0 saturated carbocycles. The highest BCUT2D eigenvalue weighted by Crippen LogP contribution is 2.03. The van der Waals surface area contributed by atoms with Crippen molar-refractivity contribution in [1.82, 2.24) is 15.6 Å². The third kappa shape index (κ3) is 7.92. The van der Waals surface area contributed by atoms with Crippen LogP contribution in [0.15, 0.2) is 53.8 Å². The van der Waals surface area contributed by atoms with Crippen LogP contribution in [0.4, 0.5) is 10.1 Å². The molecule has 0 aliphatic rings. The molecule has 8 heteroatoms. The number of benzene rings is 1. The number of halogens is 2. The van der Waals surface area contributed by atoms with Crippen LogP contribution in [0.1, 0.15) is 5.56 Å². The molecule has 1 heterocycles. The van der Waals surface area contributed by atoms with E-state index in [-0.39, 0.29) is 42.2 Å². The molecule has 0 bridgehead atoms. The van der Waals surface area contributed by atoms with E-state index in [1.165, 1.54) is 12.1 Å². The van der Waals surface area contributed by atoms with Crippen LogP contribution in [-0.4, -0.2) is 37.0 Å². The zero-order valence-corrected chi connectivity index (χ0v) is 16.2. The predicted molar refractivity (Wildman–Crippen MR) is 108 cm³/mol. The van der Waals surface area contributed by atoms with Gasteiger partial charge in [0.25, 0.3) is 0 Å². The average molecular weight is 457 g/mol. The van der Waals surface area contributed by atoms with E-state index in [2.05, 4.69) is 25.9 Å². The quantitative estimate of drug-likeness (QED) is 0.353. The van der Waals surface area contributed by atoms with E-state index in [1.807, 2.05) is 0 Å². The molecule has 0 aliphatic heterocycles. The van der Waals surface area contributed by atoms with E-state index in [4.69, 9.17) is 0 Å². The van der Waals surface area contributed by atoms with E-state index < -0.39 is 0 Å². The van der Waals surface area contributed by atoms with E-state index in [9.17, 15) is 9.18 Å². The van der Waals surface area contributed by atoms with Crippen LogP contribution in [0.25, 0.3) is 0 Å². The molecule has 1 amide bonds. The van der Waals surface area contributed by atoms with Crippen molar-refractivity contribution in [2.75, 3.05) is 25.5 Å². The zero-order chi connectivity index (χ0) is 17.2. The van der Waals surface area contributed by atoms with Gasteiger partial charge in [-0.05, 0) is 36.2 Å². The Morgan fingerprint density at radius 3 is 2.60 bits per heavy atom. The summed E-state index contributed by atoms with van der Waals surface area (Å²) in [7, 11) is 1.63. The van der Waals surface area contributed by atoms with Crippen LogP contribution >= 0.6 is 24.0 Å². The number of carbonyl (C=O) groups excluding carboxylic acids is 1. The second-order valence-corrected chi connectivity index (χ2v) is 5.02. The molecular formula is C17H21FIN5O. The van der Waals surface area contributed by atoms with Gasteiger partial charge in [0.1, 0.15) is 5.82 Å². The number of nitrogens with one attached hydrogen (secondary N) is 3. The maximum absolute atomic E-state index is 12.8. The minimum Gasteiger partial charge on any atom is -0.356 e. The molecule has 134 valence electrons. The summed E-state index contributed by atoms with van der Waals surface area (Å²) in [5.41, 5.74) is 1.66. The number of amides is 1. The maximum atomic E-state index is 12.8. The normalized spacial score (nSPS) is 10.6. The van der Waals surface area contributed by atoms with Crippen molar-refractivity contribution in [3.8, 4) is 0 Å². The third-order valence-corrected chi connectivity index (χ3v) is 3.20. The first-order valence-corrected chi connectivity index (χ1v) is 7.56. The smallest absolute Gasteiger partial charge is 0.243 e. The first-order valence-electron chi connectivity index (χ1n) is 7.56. The molecule has 3 N–H and O–H groups in total. The summed E-state index contributed by atoms with van der Waals surface area (Å²) in [5.74, 6) is 0.0896. The molecular weight excluding hydrogens is 436 g/mol.